The molecule has 7 nitrogen and oxygen atoms in total. The van der Waals surface area contributed by atoms with Gasteiger partial charge < -0.3 is 20.5 Å². The Morgan fingerprint density at radius 3 is 2.94 bits per heavy atom. The third-order valence-corrected chi connectivity index (χ3v) is 2.63. The predicted molar refractivity (Wildman–Crippen MR) is 62.1 cm³/mol. The maximum Gasteiger partial charge on any atom is 0.319 e. The van der Waals surface area contributed by atoms with Gasteiger partial charge in [0, 0.05) is 6.20 Å². The van der Waals surface area contributed by atoms with Crippen molar-refractivity contribution in [1.82, 2.24) is 10.3 Å². The van der Waals surface area contributed by atoms with E-state index in [0.717, 1.165) is 0 Å². The number of anilines is 1. The summed E-state index contributed by atoms with van der Waals surface area (Å²) in [4.78, 5) is 26.4. The minimum Gasteiger partial charge on any atom is -0.481 e. The lowest BCUT2D eigenvalue weighted by Gasteiger charge is -2.16. The Labute approximate surface area is 103 Å². The Bertz CT molecular complexity index is 437. The van der Waals surface area contributed by atoms with Gasteiger partial charge >= 0.3 is 12.0 Å². The van der Waals surface area contributed by atoms with E-state index in [1.54, 1.807) is 18.3 Å². The van der Waals surface area contributed by atoms with E-state index in [4.69, 9.17) is 9.84 Å². The van der Waals surface area contributed by atoms with Crippen molar-refractivity contribution < 1.29 is 19.4 Å². The van der Waals surface area contributed by atoms with E-state index >= 15 is 0 Å². The van der Waals surface area contributed by atoms with Crippen molar-refractivity contribution in [2.75, 3.05) is 18.5 Å². The van der Waals surface area contributed by atoms with Gasteiger partial charge in [-0.15, -0.1) is 0 Å². The molecule has 0 radical (unpaired) electrons. The molecular weight excluding hydrogens is 238 g/mol. The van der Waals surface area contributed by atoms with Crippen LogP contribution in [-0.4, -0.2) is 41.3 Å². The number of nitrogens with zero attached hydrogens (tertiary/aromatic N) is 1. The van der Waals surface area contributed by atoms with Crippen LogP contribution in [0, 0.1) is 5.92 Å². The third-order valence-electron chi connectivity index (χ3n) is 2.63. The lowest BCUT2D eigenvalue weighted by Crippen LogP contribution is -2.44. The van der Waals surface area contributed by atoms with E-state index in [-0.39, 0.29) is 13.2 Å². The monoisotopic (exact) mass is 251 g/mol. The van der Waals surface area contributed by atoms with Gasteiger partial charge in [0.25, 0.3) is 0 Å². The standard InChI is InChI=1S/C11H13N3O4/c15-10(16)8-5-18-6-9(8)14-11(17)13-7-2-1-3-12-4-7/h1-4,8-9H,5-6H2,(H,15,16)(H2,13,14,17). The zero-order valence-electron chi connectivity index (χ0n) is 9.50. The van der Waals surface area contributed by atoms with E-state index in [2.05, 4.69) is 15.6 Å². The van der Waals surface area contributed by atoms with Crippen LogP contribution in [0.4, 0.5) is 10.5 Å². The summed E-state index contributed by atoms with van der Waals surface area (Å²) in [5.41, 5.74) is 0.542. The summed E-state index contributed by atoms with van der Waals surface area (Å²) < 4.78 is 5.05. The van der Waals surface area contributed by atoms with Gasteiger partial charge in [-0.25, -0.2) is 4.79 Å². The Kier molecular flexibility index (Phi) is 3.73. The first-order chi connectivity index (χ1) is 8.66. The zero-order chi connectivity index (χ0) is 13.0. The molecule has 0 aliphatic carbocycles. The van der Waals surface area contributed by atoms with Gasteiger partial charge in [-0.05, 0) is 12.1 Å². The first-order valence-electron chi connectivity index (χ1n) is 5.45. The number of carboxylic acid groups (broad SMARTS) is 1. The van der Waals surface area contributed by atoms with Crippen molar-refractivity contribution >= 4 is 17.7 Å². The molecule has 1 aromatic rings. The molecule has 2 atom stereocenters. The molecule has 96 valence electrons. The minimum atomic E-state index is -0.973. The smallest absolute Gasteiger partial charge is 0.319 e. The number of aromatic nitrogens is 1. The second kappa shape index (κ2) is 5.46. The molecule has 1 saturated heterocycles. The van der Waals surface area contributed by atoms with Crippen LogP contribution in [0.3, 0.4) is 0 Å². The van der Waals surface area contributed by atoms with Crippen LogP contribution in [0.5, 0.6) is 0 Å². The second-order valence-electron chi connectivity index (χ2n) is 3.93. The Morgan fingerprint density at radius 2 is 2.28 bits per heavy atom. The highest BCUT2D eigenvalue weighted by molar-refractivity contribution is 5.89. The summed E-state index contributed by atoms with van der Waals surface area (Å²) in [6.07, 6.45) is 3.09. The molecule has 0 spiro atoms. The fourth-order valence-corrected chi connectivity index (χ4v) is 1.71. The minimum absolute atomic E-state index is 0.118. The first-order valence-corrected chi connectivity index (χ1v) is 5.45. The summed E-state index contributed by atoms with van der Waals surface area (Å²) in [6.45, 7) is 0.324. The fourth-order valence-electron chi connectivity index (χ4n) is 1.71. The number of hydrogen-bond donors (Lipinski definition) is 3. The van der Waals surface area contributed by atoms with Gasteiger partial charge in [0.15, 0.2) is 0 Å². The normalized spacial score (nSPS) is 22.4. The van der Waals surface area contributed by atoms with Crippen molar-refractivity contribution in [2.24, 2.45) is 5.92 Å². The molecular formula is C11H13N3O4. The van der Waals surface area contributed by atoms with Crippen LogP contribution in [0.15, 0.2) is 24.5 Å². The number of nitrogens with one attached hydrogen (secondary N) is 2. The highest BCUT2D eigenvalue weighted by atomic mass is 16.5. The zero-order valence-corrected chi connectivity index (χ0v) is 9.50. The van der Waals surface area contributed by atoms with Crippen molar-refractivity contribution in [3.05, 3.63) is 24.5 Å². The van der Waals surface area contributed by atoms with Crippen LogP contribution < -0.4 is 10.6 Å². The quantitative estimate of drug-likeness (QED) is 0.717. The van der Waals surface area contributed by atoms with Crippen LogP contribution in [0.25, 0.3) is 0 Å². The molecule has 0 bridgehead atoms. The molecule has 2 heterocycles. The van der Waals surface area contributed by atoms with E-state index < -0.39 is 24.0 Å². The average molecular weight is 251 g/mol. The highest BCUT2D eigenvalue weighted by Gasteiger charge is 2.35. The van der Waals surface area contributed by atoms with E-state index in [0.29, 0.717) is 5.69 Å². The molecule has 1 aliphatic rings. The molecule has 1 aromatic heterocycles. The number of urea groups is 1. The number of hydrogen-bond acceptors (Lipinski definition) is 4. The van der Waals surface area contributed by atoms with Crippen LogP contribution in [0.2, 0.25) is 0 Å². The Hall–Kier alpha value is -2.15. The number of carbonyl (C=O) groups is 2. The summed E-state index contributed by atoms with van der Waals surface area (Å²) in [7, 11) is 0. The second-order valence-corrected chi connectivity index (χ2v) is 3.93. The van der Waals surface area contributed by atoms with Gasteiger partial charge in [-0.3, -0.25) is 9.78 Å². The fraction of sp³-hybridized carbons (Fsp3) is 0.364. The predicted octanol–water partition coefficient (Wildman–Crippen LogP) is 0.303. The molecule has 2 rings (SSSR count). The molecule has 1 fully saturated rings. The average Bonchev–Trinajstić information content (AvgIpc) is 2.78. The number of pyridine rings is 1. The van der Waals surface area contributed by atoms with Crippen LogP contribution >= 0.6 is 0 Å². The van der Waals surface area contributed by atoms with Gasteiger partial charge in [0.05, 0.1) is 31.1 Å². The molecule has 1 aliphatic heterocycles. The number of rotatable bonds is 3. The first kappa shape index (κ1) is 12.3. The summed E-state index contributed by atoms with van der Waals surface area (Å²) in [5, 5.41) is 14.1. The maximum atomic E-state index is 11.6. The van der Waals surface area contributed by atoms with E-state index in [1.807, 2.05) is 0 Å². The number of aliphatic carboxylic acids is 1. The third kappa shape index (κ3) is 2.95. The molecule has 2 unspecified atom stereocenters. The maximum absolute atomic E-state index is 11.6. The van der Waals surface area contributed by atoms with Crippen molar-refractivity contribution in [1.29, 1.82) is 0 Å². The van der Waals surface area contributed by atoms with Crippen molar-refractivity contribution in [2.45, 2.75) is 6.04 Å². The lowest BCUT2D eigenvalue weighted by atomic mass is 10.0. The Morgan fingerprint density at radius 1 is 1.44 bits per heavy atom. The van der Waals surface area contributed by atoms with Crippen molar-refractivity contribution in [3.63, 3.8) is 0 Å². The van der Waals surface area contributed by atoms with Crippen molar-refractivity contribution in [3.8, 4) is 0 Å². The van der Waals surface area contributed by atoms with Crippen LogP contribution in [-0.2, 0) is 9.53 Å². The van der Waals surface area contributed by atoms with Gasteiger partial charge in [0.1, 0.15) is 5.92 Å². The largest absolute Gasteiger partial charge is 0.481 e. The van der Waals surface area contributed by atoms with E-state index in [1.165, 1.54) is 6.20 Å². The Balaban J connectivity index is 1.90. The number of carbonyl (C=O) groups excluding carboxylic acids is 1. The number of amides is 2. The topological polar surface area (TPSA) is 101 Å². The highest BCUT2D eigenvalue weighted by Crippen LogP contribution is 2.14. The van der Waals surface area contributed by atoms with Crippen LogP contribution in [0.1, 0.15) is 0 Å². The molecule has 7 heteroatoms. The van der Waals surface area contributed by atoms with Gasteiger partial charge in [-0.1, -0.05) is 0 Å². The van der Waals surface area contributed by atoms with E-state index in [9.17, 15) is 9.59 Å². The van der Waals surface area contributed by atoms with Gasteiger partial charge in [0.2, 0.25) is 0 Å². The summed E-state index contributed by atoms with van der Waals surface area (Å²) in [5.74, 6) is -1.68. The molecule has 2 amide bonds. The summed E-state index contributed by atoms with van der Waals surface area (Å²) in [6, 6.07) is 2.39. The number of ether oxygens (including phenoxy) is 1. The SMILES string of the molecule is O=C(Nc1cccnc1)NC1COCC1C(=O)O. The molecule has 0 saturated carbocycles. The molecule has 0 aromatic carbocycles. The lowest BCUT2D eigenvalue weighted by molar-refractivity contribution is -0.142. The number of carboxylic acids is 1. The molecule has 18 heavy (non-hydrogen) atoms. The summed E-state index contributed by atoms with van der Waals surface area (Å²) >= 11 is 0. The molecule has 3 N–H and O–H groups in total. The van der Waals surface area contributed by atoms with Gasteiger partial charge in [-0.2, -0.15) is 0 Å².